The molecular weight excluding hydrogens is 360 g/mol. The second-order valence-corrected chi connectivity index (χ2v) is 8.18. The number of carbonyl (C=O) groups excluding carboxylic acids is 1. The molecule has 0 saturated heterocycles. The molecule has 2 aromatic heterocycles. The maximum Gasteiger partial charge on any atom is 0.254 e. The maximum atomic E-state index is 12.5. The lowest BCUT2D eigenvalue weighted by Crippen LogP contribution is -2.23. The molecule has 1 amide bonds. The number of aromatic nitrogens is 1. The van der Waals surface area contributed by atoms with Gasteiger partial charge in [0.25, 0.3) is 5.91 Å². The van der Waals surface area contributed by atoms with Crippen molar-refractivity contribution in [2.45, 2.75) is 31.3 Å². The summed E-state index contributed by atoms with van der Waals surface area (Å²) < 4.78 is 0. The van der Waals surface area contributed by atoms with Gasteiger partial charge in [0.15, 0.2) is 0 Å². The number of rotatable bonds is 8. The number of benzene rings is 1. The Labute approximate surface area is 162 Å². The first kappa shape index (κ1) is 18.7. The molecule has 0 unspecified atom stereocenters. The van der Waals surface area contributed by atoms with Crippen LogP contribution in [-0.4, -0.2) is 16.6 Å². The van der Waals surface area contributed by atoms with E-state index in [0.29, 0.717) is 12.1 Å². The fraction of sp³-hybridized carbons (Fsp3) is 0.238. The summed E-state index contributed by atoms with van der Waals surface area (Å²) >= 11 is 3.30. The molecule has 0 bridgehead atoms. The number of thiophene rings is 1. The Morgan fingerprint density at radius 3 is 2.92 bits per heavy atom. The molecule has 3 nitrogen and oxygen atoms in total. The van der Waals surface area contributed by atoms with E-state index in [1.807, 2.05) is 29.6 Å². The predicted molar refractivity (Wildman–Crippen MR) is 110 cm³/mol. The first-order chi connectivity index (χ1) is 12.7. The van der Waals surface area contributed by atoms with E-state index < -0.39 is 0 Å². The molecule has 0 aliphatic rings. The van der Waals surface area contributed by atoms with Crippen molar-refractivity contribution in [1.29, 1.82) is 0 Å². The van der Waals surface area contributed by atoms with E-state index in [0.717, 1.165) is 28.5 Å². The molecule has 0 saturated carbocycles. The average Bonchev–Trinajstić information content (AvgIpc) is 3.17. The highest BCUT2D eigenvalue weighted by atomic mass is 32.2. The molecule has 0 fully saturated rings. The molecule has 5 heteroatoms. The smallest absolute Gasteiger partial charge is 0.254 e. The minimum Gasteiger partial charge on any atom is -0.347 e. The third kappa shape index (κ3) is 5.44. The first-order valence-electron chi connectivity index (χ1n) is 8.66. The number of hydrogen-bond donors (Lipinski definition) is 1. The quantitative estimate of drug-likeness (QED) is 0.435. The van der Waals surface area contributed by atoms with Gasteiger partial charge in [0.2, 0.25) is 0 Å². The van der Waals surface area contributed by atoms with Gasteiger partial charge in [-0.2, -0.15) is 0 Å². The van der Waals surface area contributed by atoms with Crippen molar-refractivity contribution in [3.63, 3.8) is 0 Å². The van der Waals surface area contributed by atoms with Gasteiger partial charge < -0.3 is 5.32 Å². The van der Waals surface area contributed by atoms with Crippen molar-refractivity contribution in [1.82, 2.24) is 10.3 Å². The van der Waals surface area contributed by atoms with Crippen LogP contribution in [0.4, 0.5) is 0 Å². The Morgan fingerprint density at radius 2 is 2.12 bits per heavy atom. The van der Waals surface area contributed by atoms with Crippen LogP contribution in [0, 0.1) is 6.92 Å². The number of hydrogen-bond acceptors (Lipinski definition) is 4. The van der Waals surface area contributed by atoms with Gasteiger partial charge in [-0.15, -0.1) is 23.1 Å². The van der Waals surface area contributed by atoms with Crippen LogP contribution >= 0.6 is 23.1 Å². The summed E-state index contributed by atoms with van der Waals surface area (Å²) in [5, 5.41) is 5.80. The van der Waals surface area contributed by atoms with E-state index in [4.69, 9.17) is 0 Å². The lowest BCUT2D eigenvalue weighted by Gasteiger charge is -2.09. The van der Waals surface area contributed by atoms with Crippen LogP contribution < -0.4 is 5.32 Å². The Hall–Kier alpha value is -2.11. The summed E-state index contributed by atoms with van der Waals surface area (Å²) in [4.78, 5) is 18.0. The van der Waals surface area contributed by atoms with Crippen LogP contribution in [0.15, 0.2) is 65.1 Å². The summed E-state index contributed by atoms with van der Waals surface area (Å²) in [5.74, 6) is 0.878. The van der Waals surface area contributed by atoms with Crippen molar-refractivity contribution in [3.05, 3.63) is 81.7 Å². The monoisotopic (exact) mass is 382 g/mol. The van der Waals surface area contributed by atoms with E-state index in [1.165, 1.54) is 11.1 Å². The number of carbonyl (C=O) groups is 1. The average molecular weight is 383 g/mol. The molecule has 26 heavy (non-hydrogen) atoms. The molecule has 134 valence electrons. The van der Waals surface area contributed by atoms with Crippen LogP contribution in [0.3, 0.4) is 0 Å². The zero-order valence-corrected chi connectivity index (χ0v) is 16.4. The van der Waals surface area contributed by atoms with Crippen molar-refractivity contribution in [2.75, 3.05) is 5.75 Å². The molecular formula is C21H22N2OS2. The topological polar surface area (TPSA) is 42.0 Å². The lowest BCUT2D eigenvalue weighted by atomic mass is 10.1. The van der Waals surface area contributed by atoms with Gasteiger partial charge in [-0.3, -0.25) is 4.79 Å². The van der Waals surface area contributed by atoms with E-state index in [9.17, 15) is 4.79 Å². The summed E-state index contributed by atoms with van der Waals surface area (Å²) in [6, 6.07) is 16.3. The predicted octanol–water partition coefficient (Wildman–Crippen LogP) is 5.11. The van der Waals surface area contributed by atoms with E-state index >= 15 is 0 Å². The standard InChI is InChI=1S/C21H22N2OS2/c1-16-6-2-7-17(14-16)8-4-13-26-21-19(10-3-11-22-21)20(24)23-15-18-9-5-12-25-18/h2-3,5-7,9-12,14H,4,8,13,15H2,1H3,(H,23,24). The number of pyridine rings is 1. The van der Waals surface area contributed by atoms with Crippen molar-refractivity contribution >= 4 is 29.0 Å². The molecule has 0 radical (unpaired) electrons. The van der Waals surface area contributed by atoms with Gasteiger partial charge in [0.05, 0.1) is 12.1 Å². The Balaban J connectivity index is 1.52. The van der Waals surface area contributed by atoms with Gasteiger partial charge in [-0.05, 0) is 54.7 Å². The lowest BCUT2D eigenvalue weighted by molar-refractivity contribution is 0.0947. The van der Waals surface area contributed by atoms with Crippen molar-refractivity contribution in [3.8, 4) is 0 Å². The largest absolute Gasteiger partial charge is 0.347 e. The Bertz CT molecular complexity index is 847. The SMILES string of the molecule is Cc1cccc(CCCSc2ncccc2C(=O)NCc2cccs2)c1. The molecule has 0 aliphatic carbocycles. The number of nitrogens with zero attached hydrogens (tertiary/aromatic N) is 1. The maximum absolute atomic E-state index is 12.5. The third-order valence-electron chi connectivity index (χ3n) is 3.95. The van der Waals surface area contributed by atoms with Gasteiger partial charge >= 0.3 is 0 Å². The van der Waals surface area contributed by atoms with Crippen LogP contribution in [0.2, 0.25) is 0 Å². The highest BCUT2D eigenvalue weighted by Crippen LogP contribution is 2.22. The molecule has 1 N–H and O–H groups in total. The van der Waals surface area contributed by atoms with Crippen LogP contribution in [0.5, 0.6) is 0 Å². The highest BCUT2D eigenvalue weighted by Gasteiger charge is 2.12. The number of thioether (sulfide) groups is 1. The number of nitrogens with one attached hydrogen (secondary N) is 1. The number of aryl methyl sites for hydroxylation is 2. The third-order valence-corrected chi connectivity index (χ3v) is 5.92. The minimum atomic E-state index is -0.0623. The molecule has 0 aliphatic heterocycles. The van der Waals surface area contributed by atoms with Crippen molar-refractivity contribution in [2.24, 2.45) is 0 Å². The molecule has 0 atom stereocenters. The van der Waals surface area contributed by atoms with E-state index in [1.54, 1.807) is 29.3 Å². The van der Waals surface area contributed by atoms with Crippen LogP contribution in [-0.2, 0) is 13.0 Å². The molecule has 1 aromatic carbocycles. The molecule has 0 spiro atoms. The van der Waals surface area contributed by atoms with Gasteiger partial charge in [0, 0.05) is 11.1 Å². The number of amides is 1. The second kappa shape index (κ2) is 9.55. The Morgan fingerprint density at radius 1 is 1.19 bits per heavy atom. The fourth-order valence-corrected chi connectivity index (χ4v) is 4.25. The fourth-order valence-electron chi connectivity index (χ4n) is 2.67. The normalized spacial score (nSPS) is 10.7. The molecule has 3 aromatic rings. The van der Waals surface area contributed by atoms with Crippen molar-refractivity contribution < 1.29 is 4.79 Å². The molecule has 2 heterocycles. The summed E-state index contributed by atoms with van der Waals surface area (Å²) in [6.07, 6.45) is 3.85. The first-order valence-corrected chi connectivity index (χ1v) is 10.5. The molecule has 3 rings (SSSR count). The second-order valence-electron chi connectivity index (χ2n) is 6.06. The summed E-state index contributed by atoms with van der Waals surface area (Å²) in [5.41, 5.74) is 3.31. The van der Waals surface area contributed by atoms with Crippen LogP contribution in [0.25, 0.3) is 0 Å². The Kier molecular flexibility index (Phi) is 6.86. The van der Waals surface area contributed by atoms with E-state index in [-0.39, 0.29) is 5.91 Å². The van der Waals surface area contributed by atoms with E-state index in [2.05, 4.69) is 41.5 Å². The van der Waals surface area contributed by atoms with Gasteiger partial charge in [-0.25, -0.2) is 4.98 Å². The van der Waals surface area contributed by atoms with Crippen LogP contribution in [0.1, 0.15) is 32.8 Å². The zero-order valence-electron chi connectivity index (χ0n) is 14.8. The minimum absolute atomic E-state index is 0.0623. The summed E-state index contributed by atoms with van der Waals surface area (Å²) in [6.45, 7) is 2.68. The zero-order chi connectivity index (χ0) is 18.2. The van der Waals surface area contributed by atoms with Gasteiger partial charge in [-0.1, -0.05) is 35.9 Å². The van der Waals surface area contributed by atoms with Gasteiger partial charge in [0.1, 0.15) is 5.03 Å². The highest BCUT2D eigenvalue weighted by molar-refractivity contribution is 7.99. The summed E-state index contributed by atoms with van der Waals surface area (Å²) in [7, 11) is 0.